The van der Waals surface area contributed by atoms with E-state index in [2.05, 4.69) is 0 Å². The average Bonchev–Trinajstić information content (AvgIpc) is 2.03. The van der Waals surface area contributed by atoms with Crippen LogP contribution in [0.2, 0.25) is 0 Å². The van der Waals surface area contributed by atoms with Crippen LogP contribution in [0.3, 0.4) is 0 Å². The number of carbonyl (C=O) groups excluding carboxylic acids is 2. The van der Waals surface area contributed by atoms with E-state index in [0.29, 0.717) is 12.7 Å². The number of hydrogen-bond donors (Lipinski definition) is 1. The van der Waals surface area contributed by atoms with Crippen molar-refractivity contribution in [3.63, 3.8) is 0 Å². The van der Waals surface area contributed by atoms with Gasteiger partial charge in [0.2, 0.25) is 0 Å². The lowest BCUT2D eigenvalue weighted by Gasteiger charge is -2.17. The Morgan fingerprint density at radius 3 is 2.36 bits per heavy atom. The van der Waals surface area contributed by atoms with E-state index in [-0.39, 0.29) is 12.8 Å². The SMILES string of the molecule is CCCC(O)(C=O)C(=O)CC. The molecule has 3 heteroatoms. The van der Waals surface area contributed by atoms with Gasteiger partial charge in [-0.15, -0.1) is 0 Å². The first-order chi connectivity index (χ1) is 5.10. The van der Waals surface area contributed by atoms with Gasteiger partial charge in [0.05, 0.1) is 0 Å². The van der Waals surface area contributed by atoms with Crippen LogP contribution in [0.25, 0.3) is 0 Å². The van der Waals surface area contributed by atoms with Gasteiger partial charge in [-0.05, 0) is 6.42 Å². The summed E-state index contributed by atoms with van der Waals surface area (Å²) in [6.07, 6.45) is 1.39. The molecule has 0 rings (SSSR count). The molecule has 0 aromatic rings. The predicted molar refractivity (Wildman–Crippen MR) is 41.2 cm³/mol. The molecule has 0 amide bonds. The Morgan fingerprint density at radius 2 is 2.09 bits per heavy atom. The molecular weight excluding hydrogens is 144 g/mol. The van der Waals surface area contributed by atoms with Gasteiger partial charge in [-0.1, -0.05) is 20.3 Å². The fourth-order valence-electron chi connectivity index (χ4n) is 0.951. The van der Waals surface area contributed by atoms with Gasteiger partial charge >= 0.3 is 0 Å². The molecule has 1 atom stereocenters. The topological polar surface area (TPSA) is 54.4 Å². The lowest BCUT2D eigenvalue weighted by Crippen LogP contribution is -2.39. The van der Waals surface area contributed by atoms with E-state index >= 15 is 0 Å². The maximum atomic E-state index is 11.0. The highest BCUT2D eigenvalue weighted by Crippen LogP contribution is 2.12. The molecule has 1 unspecified atom stereocenters. The van der Waals surface area contributed by atoms with Crippen LogP contribution in [0.15, 0.2) is 0 Å². The minimum absolute atomic E-state index is 0.204. The lowest BCUT2D eigenvalue weighted by atomic mass is 9.93. The highest BCUT2D eigenvalue weighted by Gasteiger charge is 2.32. The van der Waals surface area contributed by atoms with Gasteiger partial charge in [0.25, 0.3) is 0 Å². The molecule has 0 radical (unpaired) electrons. The van der Waals surface area contributed by atoms with Crippen molar-refractivity contribution in [1.82, 2.24) is 0 Å². The van der Waals surface area contributed by atoms with Crippen LogP contribution < -0.4 is 0 Å². The molecule has 0 aliphatic carbocycles. The Hall–Kier alpha value is -0.700. The van der Waals surface area contributed by atoms with E-state index in [1.807, 2.05) is 6.92 Å². The second-order valence-electron chi connectivity index (χ2n) is 2.57. The maximum Gasteiger partial charge on any atom is 0.177 e. The van der Waals surface area contributed by atoms with E-state index in [1.165, 1.54) is 0 Å². The van der Waals surface area contributed by atoms with Gasteiger partial charge < -0.3 is 5.11 Å². The predicted octanol–water partition coefficient (Wildman–Crippen LogP) is 0.696. The van der Waals surface area contributed by atoms with Crippen molar-refractivity contribution in [3.8, 4) is 0 Å². The van der Waals surface area contributed by atoms with Gasteiger partial charge in [-0.2, -0.15) is 0 Å². The van der Waals surface area contributed by atoms with Crippen molar-refractivity contribution in [2.24, 2.45) is 0 Å². The summed E-state index contributed by atoms with van der Waals surface area (Å²) in [4.78, 5) is 21.3. The Labute approximate surface area is 66.4 Å². The van der Waals surface area contributed by atoms with Crippen molar-refractivity contribution in [1.29, 1.82) is 0 Å². The zero-order valence-electron chi connectivity index (χ0n) is 6.96. The van der Waals surface area contributed by atoms with Gasteiger partial charge in [0.1, 0.15) is 0 Å². The summed E-state index contributed by atoms with van der Waals surface area (Å²) in [6, 6.07) is 0. The first-order valence-corrected chi connectivity index (χ1v) is 3.82. The number of rotatable bonds is 5. The lowest BCUT2D eigenvalue weighted by molar-refractivity contribution is -0.144. The zero-order valence-corrected chi connectivity index (χ0v) is 6.96. The Morgan fingerprint density at radius 1 is 1.55 bits per heavy atom. The number of Topliss-reactive ketones (excluding diaryl/α,β-unsaturated/α-hetero) is 1. The molecule has 0 aromatic heterocycles. The van der Waals surface area contributed by atoms with Crippen LogP contribution in [0, 0.1) is 0 Å². The summed E-state index contributed by atoms with van der Waals surface area (Å²) in [7, 11) is 0. The molecule has 1 N–H and O–H groups in total. The van der Waals surface area contributed by atoms with Crippen LogP contribution in [0.4, 0.5) is 0 Å². The number of ketones is 1. The van der Waals surface area contributed by atoms with Gasteiger partial charge in [0.15, 0.2) is 17.7 Å². The van der Waals surface area contributed by atoms with Gasteiger partial charge in [-0.3, -0.25) is 9.59 Å². The van der Waals surface area contributed by atoms with E-state index in [0.717, 1.165) is 0 Å². The highest BCUT2D eigenvalue weighted by molar-refractivity contribution is 6.00. The van der Waals surface area contributed by atoms with Crippen LogP contribution in [0.1, 0.15) is 33.1 Å². The van der Waals surface area contributed by atoms with Crippen molar-refractivity contribution in [2.75, 3.05) is 0 Å². The smallest absolute Gasteiger partial charge is 0.177 e. The number of aldehydes is 1. The quantitative estimate of drug-likeness (QED) is 0.473. The largest absolute Gasteiger partial charge is 0.375 e. The Kier molecular flexibility index (Phi) is 3.97. The molecular formula is C8H14O3. The van der Waals surface area contributed by atoms with Crippen molar-refractivity contribution in [3.05, 3.63) is 0 Å². The third-order valence-electron chi connectivity index (χ3n) is 1.63. The third kappa shape index (κ3) is 2.42. The molecule has 0 bridgehead atoms. The average molecular weight is 158 g/mol. The van der Waals surface area contributed by atoms with E-state index in [4.69, 9.17) is 0 Å². The summed E-state index contributed by atoms with van der Waals surface area (Å²) in [6.45, 7) is 3.45. The molecule has 0 aromatic carbocycles. The van der Waals surface area contributed by atoms with Gasteiger partial charge in [-0.25, -0.2) is 0 Å². The van der Waals surface area contributed by atoms with Crippen molar-refractivity contribution >= 4 is 12.1 Å². The number of hydrogen-bond acceptors (Lipinski definition) is 3. The first-order valence-electron chi connectivity index (χ1n) is 3.82. The Bertz CT molecular complexity index is 153. The molecule has 0 fully saturated rings. The second kappa shape index (κ2) is 4.23. The fourth-order valence-corrected chi connectivity index (χ4v) is 0.951. The monoisotopic (exact) mass is 158 g/mol. The van der Waals surface area contributed by atoms with Crippen LogP contribution in [-0.2, 0) is 9.59 Å². The maximum absolute atomic E-state index is 11.0. The van der Waals surface area contributed by atoms with Crippen LogP contribution in [0.5, 0.6) is 0 Å². The molecule has 64 valence electrons. The molecule has 0 saturated heterocycles. The van der Waals surface area contributed by atoms with E-state index < -0.39 is 11.4 Å². The minimum atomic E-state index is -1.72. The molecule has 0 saturated carbocycles. The van der Waals surface area contributed by atoms with Crippen molar-refractivity contribution < 1.29 is 14.7 Å². The van der Waals surface area contributed by atoms with Crippen LogP contribution >= 0.6 is 0 Å². The Balaban J connectivity index is 4.31. The molecule has 0 aliphatic heterocycles. The molecule has 11 heavy (non-hydrogen) atoms. The minimum Gasteiger partial charge on any atom is -0.375 e. The molecule has 3 nitrogen and oxygen atoms in total. The van der Waals surface area contributed by atoms with Crippen molar-refractivity contribution in [2.45, 2.75) is 38.7 Å². The normalized spacial score (nSPS) is 15.5. The highest BCUT2D eigenvalue weighted by atomic mass is 16.3. The zero-order chi connectivity index (χ0) is 8.91. The summed E-state index contributed by atoms with van der Waals surface area (Å²) in [5.41, 5.74) is -1.72. The molecule has 0 aliphatic rings. The third-order valence-corrected chi connectivity index (χ3v) is 1.63. The summed E-state index contributed by atoms with van der Waals surface area (Å²) >= 11 is 0. The van der Waals surface area contributed by atoms with Crippen LogP contribution in [-0.4, -0.2) is 22.8 Å². The second-order valence-corrected chi connectivity index (χ2v) is 2.57. The number of aliphatic hydroxyl groups is 1. The molecule has 0 spiro atoms. The summed E-state index contributed by atoms with van der Waals surface area (Å²) < 4.78 is 0. The number of carbonyl (C=O) groups is 2. The van der Waals surface area contributed by atoms with Gasteiger partial charge in [0, 0.05) is 6.42 Å². The summed E-state index contributed by atoms with van der Waals surface area (Å²) in [5, 5.41) is 9.37. The fraction of sp³-hybridized carbons (Fsp3) is 0.750. The molecule has 0 heterocycles. The first kappa shape index (κ1) is 10.3. The van der Waals surface area contributed by atoms with E-state index in [1.54, 1.807) is 6.92 Å². The standard InChI is InChI=1S/C8H14O3/c1-3-5-8(11,6-9)7(10)4-2/h6,11H,3-5H2,1-2H3. The van der Waals surface area contributed by atoms with E-state index in [9.17, 15) is 14.7 Å². The summed E-state index contributed by atoms with van der Waals surface area (Å²) in [5.74, 6) is -0.394.